The second-order valence-electron chi connectivity index (χ2n) is 5.45. The Morgan fingerprint density at radius 3 is 2.25 bits per heavy atom. The predicted octanol–water partition coefficient (Wildman–Crippen LogP) is 2.94. The molecule has 1 heteroatoms. The van der Waals surface area contributed by atoms with Crippen LogP contribution in [-0.2, 0) is 0 Å². The molecule has 0 aromatic rings. The van der Waals surface area contributed by atoms with Crippen molar-refractivity contribution in [3.8, 4) is 0 Å². The normalized spacial score (nSPS) is 41.2. The zero-order valence-corrected chi connectivity index (χ0v) is 8.98. The first-order valence-corrected chi connectivity index (χ1v) is 5.16. The molecule has 1 saturated carbocycles. The van der Waals surface area contributed by atoms with E-state index in [1.165, 1.54) is 25.7 Å². The van der Waals surface area contributed by atoms with Crippen molar-refractivity contribution in [2.75, 3.05) is 0 Å². The zero-order chi connectivity index (χ0) is 9.41. The van der Waals surface area contributed by atoms with Crippen LogP contribution < -0.4 is 5.73 Å². The topological polar surface area (TPSA) is 26.0 Å². The first kappa shape index (κ1) is 10.0. The molecule has 1 aliphatic rings. The number of nitrogens with two attached hydrogens (primary N) is 1. The van der Waals surface area contributed by atoms with Gasteiger partial charge in [-0.1, -0.05) is 27.2 Å². The summed E-state index contributed by atoms with van der Waals surface area (Å²) in [6.07, 6.45) is 4.96. The van der Waals surface area contributed by atoms with Gasteiger partial charge in [0.15, 0.2) is 0 Å². The standard InChI is InChI=1S/C11H23N/c1-5-9-8-11(4,12)7-6-10(9,2)3/h9H,5-8,12H2,1-4H3/t9-,11+/m1/s1. The van der Waals surface area contributed by atoms with Gasteiger partial charge < -0.3 is 5.73 Å². The number of hydrogen-bond acceptors (Lipinski definition) is 1. The van der Waals surface area contributed by atoms with E-state index in [0.717, 1.165) is 5.92 Å². The second-order valence-corrected chi connectivity index (χ2v) is 5.45. The van der Waals surface area contributed by atoms with Crippen molar-refractivity contribution in [3.63, 3.8) is 0 Å². The summed E-state index contributed by atoms with van der Waals surface area (Å²) in [6.45, 7) is 9.26. The highest BCUT2D eigenvalue weighted by molar-refractivity contribution is 4.94. The monoisotopic (exact) mass is 169 g/mol. The van der Waals surface area contributed by atoms with Gasteiger partial charge >= 0.3 is 0 Å². The zero-order valence-electron chi connectivity index (χ0n) is 8.98. The summed E-state index contributed by atoms with van der Waals surface area (Å²) in [4.78, 5) is 0. The van der Waals surface area contributed by atoms with Crippen molar-refractivity contribution in [2.45, 2.75) is 58.9 Å². The van der Waals surface area contributed by atoms with E-state index in [-0.39, 0.29) is 5.54 Å². The van der Waals surface area contributed by atoms with Gasteiger partial charge in [-0.3, -0.25) is 0 Å². The minimum Gasteiger partial charge on any atom is -0.325 e. The van der Waals surface area contributed by atoms with Gasteiger partial charge in [0.1, 0.15) is 0 Å². The minimum atomic E-state index is 0.107. The molecule has 0 bridgehead atoms. The van der Waals surface area contributed by atoms with Gasteiger partial charge in [0.2, 0.25) is 0 Å². The summed E-state index contributed by atoms with van der Waals surface area (Å²) in [6, 6.07) is 0. The third kappa shape index (κ3) is 2.01. The van der Waals surface area contributed by atoms with Crippen LogP contribution in [0.4, 0.5) is 0 Å². The van der Waals surface area contributed by atoms with E-state index in [4.69, 9.17) is 5.73 Å². The van der Waals surface area contributed by atoms with Gasteiger partial charge in [-0.25, -0.2) is 0 Å². The molecule has 1 rings (SSSR count). The fraction of sp³-hybridized carbons (Fsp3) is 1.00. The highest BCUT2D eigenvalue weighted by atomic mass is 14.7. The largest absolute Gasteiger partial charge is 0.325 e. The molecule has 1 nitrogen and oxygen atoms in total. The maximum atomic E-state index is 6.16. The third-order valence-electron chi connectivity index (χ3n) is 3.65. The van der Waals surface area contributed by atoms with Crippen molar-refractivity contribution in [3.05, 3.63) is 0 Å². The van der Waals surface area contributed by atoms with Crippen LogP contribution in [0.5, 0.6) is 0 Å². The Morgan fingerprint density at radius 2 is 1.83 bits per heavy atom. The Labute approximate surface area is 76.7 Å². The average molecular weight is 169 g/mol. The van der Waals surface area contributed by atoms with Crippen molar-refractivity contribution >= 4 is 0 Å². The quantitative estimate of drug-likeness (QED) is 0.641. The first-order chi connectivity index (χ1) is 5.37. The Morgan fingerprint density at radius 1 is 1.25 bits per heavy atom. The van der Waals surface area contributed by atoms with E-state index in [0.29, 0.717) is 5.41 Å². The summed E-state index contributed by atoms with van der Waals surface area (Å²) in [5.41, 5.74) is 6.79. The fourth-order valence-electron chi connectivity index (χ4n) is 2.45. The summed E-state index contributed by atoms with van der Waals surface area (Å²) >= 11 is 0. The number of hydrogen-bond donors (Lipinski definition) is 1. The summed E-state index contributed by atoms with van der Waals surface area (Å²) in [5.74, 6) is 0.821. The molecule has 0 aromatic carbocycles. The first-order valence-electron chi connectivity index (χ1n) is 5.16. The molecule has 1 fully saturated rings. The molecule has 72 valence electrons. The minimum absolute atomic E-state index is 0.107. The fourth-order valence-corrected chi connectivity index (χ4v) is 2.45. The van der Waals surface area contributed by atoms with Gasteiger partial charge in [0.25, 0.3) is 0 Å². The van der Waals surface area contributed by atoms with Gasteiger partial charge in [-0.2, -0.15) is 0 Å². The van der Waals surface area contributed by atoms with Crippen molar-refractivity contribution in [2.24, 2.45) is 17.1 Å². The summed E-state index contributed by atoms with van der Waals surface area (Å²) in [7, 11) is 0. The van der Waals surface area contributed by atoms with Crippen LogP contribution in [-0.4, -0.2) is 5.54 Å². The Bertz CT molecular complexity index is 158. The molecule has 0 saturated heterocycles. The van der Waals surface area contributed by atoms with E-state index in [9.17, 15) is 0 Å². The second kappa shape index (κ2) is 3.02. The summed E-state index contributed by atoms with van der Waals surface area (Å²) in [5, 5.41) is 0. The molecular weight excluding hydrogens is 146 g/mol. The van der Waals surface area contributed by atoms with E-state index in [1.807, 2.05) is 0 Å². The molecule has 2 N–H and O–H groups in total. The molecule has 0 radical (unpaired) electrons. The van der Waals surface area contributed by atoms with Crippen molar-refractivity contribution in [1.29, 1.82) is 0 Å². The van der Waals surface area contributed by atoms with Crippen LogP contribution in [0.15, 0.2) is 0 Å². The average Bonchev–Trinajstić information content (AvgIpc) is 1.95. The number of rotatable bonds is 1. The lowest BCUT2D eigenvalue weighted by atomic mass is 9.62. The Hall–Kier alpha value is -0.0400. The molecule has 2 atom stereocenters. The van der Waals surface area contributed by atoms with Crippen LogP contribution in [0.2, 0.25) is 0 Å². The molecule has 0 spiro atoms. The predicted molar refractivity (Wildman–Crippen MR) is 54.0 cm³/mol. The lowest BCUT2D eigenvalue weighted by molar-refractivity contribution is 0.0854. The van der Waals surface area contributed by atoms with Crippen LogP contribution >= 0.6 is 0 Å². The Balaban J connectivity index is 2.67. The molecule has 12 heavy (non-hydrogen) atoms. The highest BCUT2D eigenvalue weighted by Crippen LogP contribution is 2.45. The van der Waals surface area contributed by atoms with Crippen molar-refractivity contribution < 1.29 is 0 Å². The maximum absolute atomic E-state index is 6.16. The van der Waals surface area contributed by atoms with Crippen LogP contribution in [0.3, 0.4) is 0 Å². The van der Waals surface area contributed by atoms with Crippen LogP contribution in [0.1, 0.15) is 53.4 Å². The van der Waals surface area contributed by atoms with Gasteiger partial charge in [-0.05, 0) is 37.5 Å². The maximum Gasteiger partial charge on any atom is 0.0128 e. The molecule has 0 unspecified atom stereocenters. The van der Waals surface area contributed by atoms with Crippen LogP contribution in [0.25, 0.3) is 0 Å². The summed E-state index contributed by atoms with van der Waals surface area (Å²) < 4.78 is 0. The highest BCUT2D eigenvalue weighted by Gasteiger charge is 2.38. The molecule has 0 heterocycles. The third-order valence-corrected chi connectivity index (χ3v) is 3.65. The van der Waals surface area contributed by atoms with E-state index >= 15 is 0 Å². The van der Waals surface area contributed by atoms with E-state index in [2.05, 4.69) is 27.7 Å². The Kier molecular flexibility index (Phi) is 2.53. The van der Waals surface area contributed by atoms with Crippen molar-refractivity contribution in [1.82, 2.24) is 0 Å². The molecular formula is C11H23N. The van der Waals surface area contributed by atoms with Gasteiger partial charge in [-0.15, -0.1) is 0 Å². The van der Waals surface area contributed by atoms with Gasteiger partial charge in [0, 0.05) is 5.54 Å². The van der Waals surface area contributed by atoms with E-state index in [1.54, 1.807) is 0 Å². The van der Waals surface area contributed by atoms with Gasteiger partial charge in [0.05, 0.1) is 0 Å². The van der Waals surface area contributed by atoms with E-state index < -0.39 is 0 Å². The van der Waals surface area contributed by atoms with Crippen LogP contribution in [0, 0.1) is 11.3 Å². The lowest BCUT2D eigenvalue weighted by Gasteiger charge is -2.45. The molecule has 1 aliphatic carbocycles. The molecule has 0 aromatic heterocycles. The lowest BCUT2D eigenvalue weighted by Crippen LogP contribution is -2.46. The smallest absolute Gasteiger partial charge is 0.0128 e. The molecule has 0 amide bonds. The SMILES string of the molecule is CC[C@@H]1C[C@@](C)(N)CCC1(C)C. The molecule has 0 aliphatic heterocycles.